The molecule has 0 bridgehead atoms. The number of amides is 3. The number of hydrogen-bond donors (Lipinski definition) is 7. The Bertz CT molecular complexity index is 2610. The average Bonchev–Trinajstić information content (AvgIpc) is 3.33. The number of aliphatic hydroxyl groups excluding tert-OH is 2. The number of aromatic hydroxyl groups is 1. The molecule has 0 spiro atoms. The lowest BCUT2D eigenvalue weighted by atomic mass is 9.70. The summed E-state index contributed by atoms with van der Waals surface area (Å²) in [5.74, 6) is -6.31. The summed E-state index contributed by atoms with van der Waals surface area (Å²) in [6.45, 7) is 10.4. The van der Waals surface area contributed by atoms with Crippen molar-refractivity contribution in [1.29, 1.82) is 0 Å². The van der Waals surface area contributed by atoms with Gasteiger partial charge in [0.25, 0.3) is 0 Å². The highest BCUT2D eigenvalue weighted by molar-refractivity contribution is 6.31. The van der Waals surface area contributed by atoms with Gasteiger partial charge in [0.15, 0.2) is 29.4 Å². The number of rotatable bonds is 21. The summed E-state index contributed by atoms with van der Waals surface area (Å²) in [5.41, 5.74) is -1.30. The molecule has 2 aliphatic carbocycles. The van der Waals surface area contributed by atoms with Crippen molar-refractivity contribution in [3.8, 4) is 11.5 Å². The number of nitrogens with one attached hydrogen (secondary N) is 3. The quantitative estimate of drug-likeness (QED) is 0.0591. The molecule has 0 saturated carbocycles. The number of phenols is 1. The normalized spacial score (nSPS) is 22.3. The molecule has 1 fully saturated rings. The van der Waals surface area contributed by atoms with E-state index < -0.39 is 121 Å². The van der Waals surface area contributed by atoms with E-state index in [9.17, 15) is 58.8 Å². The monoisotopic (exact) mass is 981 g/mol. The van der Waals surface area contributed by atoms with Gasteiger partial charge in [-0.3, -0.25) is 38.4 Å². The van der Waals surface area contributed by atoms with Crippen molar-refractivity contribution >= 4 is 46.6 Å². The molecular formula is C53H63N3O15. The van der Waals surface area contributed by atoms with E-state index in [1.165, 1.54) is 26.2 Å². The summed E-state index contributed by atoms with van der Waals surface area (Å²) >= 11 is 0. The maximum absolute atomic E-state index is 14.2. The van der Waals surface area contributed by atoms with Crippen molar-refractivity contribution in [1.82, 2.24) is 16.0 Å². The molecule has 18 nitrogen and oxygen atoms in total. The highest BCUT2D eigenvalue weighted by atomic mass is 16.7. The van der Waals surface area contributed by atoms with Gasteiger partial charge in [0.2, 0.25) is 23.5 Å². The summed E-state index contributed by atoms with van der Waals surface area (Å²) in [6.07, 6.45) is -6.12. The molecule has 6 rings (SSSR count). The van der Waals surface area contributed by atoms with Crippen LogP contribution in [0.15, 0.2) is 60.7 Å². The van der Waals surface area contributed by atoms with Crippen molar-refractivity contribution in [2.45, 2.75) is 128 Å². The first-order valence-electron chi connectivity index (χ1n) is 23.7. The Morgan fingerprint density at radius 3 is 2.28 bits per heavy atom. The molecule has 1 heterocycles. The lowest BCUT2D eigenvalue weighted by molar-refractivity contribution is -0.257. The number of allylic oxidation sites excluding steroid dienone is 1. The van der Waals surface area contributed by atoms with Gasteiger partial charge >= 0.3 is 0 Å². The highest BCUT2D eigenvalue weighted by Gasteiger charge is 2.50. The molecule has 71 heavy (non-hydrogen) atoms. The molecule has 3 aromatic carbocycles. The fourth-order valence-electron chi connectivity index (χ4n) is 9.68. The zero-order valence-corrected chi connectivity index (χ0v) is 40.8. The molecule has 7 N–H and O–H groups in total. The van der Waals surface area contributed by atoms with Gasteiger partial charge in [0.1, 0.15) is 35.8 Å². The molecule has 1 aliphatic heterocycles. The van der Waals surface area contributed by atoms with Gasteiger partial charge in [-0.2, -0.15) is 0 Å². The van der Waals surface area contributed by atoms with Crippen LogP contribution in [0.5, 0.6) is 11.5 Å². The van der Waals surface area contributed by atoms with E-state index in [1.54, 1.807) is 50.2 Å². The van der Waals surface area contributed by atoms with Crippen molar-refractivity contribution in [3.05, 3.63) is 105 Å². The molecule has 380 valence electrons. The molecule has 18 heteroatoms. The van der Waals surface area contributed by atoms with Gasteiger partial charge < -0.3 is 50.6 Å². The standard InChI is InChI=1S/C53H63N3O15/c1-26(2)18-35(56-52(67)36(19-30-12-9-8-10-13-30)55-41(61)17-16-37(59)27(3)4)51(66)54-24-32(58)20-31-21-42(70-29(6)47(31)62)71-39-23-53(68,40(60)25-57)22-34-28(5)43-46(50(65)45(34)39)49(64)44-33(48(43)63)14-11-15-38(44)69-7/h8-15,26,29,31,35-36,39,42,47,57,62,65,68H,3,16-25H2,1-2,4-7H3,(H,54,66)(H,55,61)(H,56,67)/t29?,31?,35?,36?,39-,42?,47?,53-/m0/s1. The summed E-state index contributed by atoms with van der Waals surface area (Å²) < 4.78 is 17.8. The first-order valence-corrected chi connectivity index (χ1v) is 23.7. The van der Waals surface area contributed by atoms with E-state index in [2.05, 4.69) is 22.5 Å². The van der Waals surface area contributed by atoms with Gasteiger partial charge in [-0.15, -0.1) is 0 Å². The maximum Gasteiger partial charge on any atom is 0.243 e. The van der Waals surface area contributed by atoms with E-state index in [0.717, 1.165) is 5.56 Å². The van der Waals surface area contributed by atoms with Crippen LogP contribution in [-0.4, -0.2) is 124 Å². The number of carbonyl (C=O) groups is 8. The Morgan fingerprint density at radius 1 is 0.930 bits per heavy atom. The topological polar surface area (TPSA) is 281 Å². The third-order valence-corrected chi connectivity index (χ3v) is 13.5. The number of aliphatic hydroxyl groups is 3. The SMILES string of the molecule is C=C(C)C(=O)CCC(=O)NC(Cc1ccccc1)C(=O)NC(CC(C)C)C(=O)NCC(=O)CC1CC(O[C@H]2C[C@](O)(C(=O)CO)Cc3c(C)c4c(c(O)c32)C(=O)c2c(OC)cccc2C4=O)OC(C)C1O. The largest absolute Gasteiger partial charge is 0.507 e. The molecule has 8 atom stereocenters. The zero-order chi connectivity index (χ0) is 52.1. The van der Waals surface area contributed by atoms with Crippen LogP contribution in [0, 0.1) is 18.8 Å². The number of benzene rings is 3. The number of phenolic OH excluding ortho intramolecular Hbond substituents is 1. The fourth-order valence-corrected chi connectivity index (χ4v) is 9.68. The second kappa shape index (κ2) is 22.8. The first kappa shape index (κ1) is 53.9. The lowest BCUT2D eigenvalue weighted by Gasteiger charge is -2.43. The third kappa shape index (κ3) is 12.0. The summed E-state index contributed by atoms with van der Waals surface area (Å²) in [5, 5.41) is 53.0. The van der Waals surface area contributed by atoms with Gasteiger partial charge in [-0.05, 0) is 67.4 Å². The second-order valence-corrected chi connectivity index (χ2v) is 19.2. The molecular weight excluding hydrogens is 919 g/mol. The molecule has 6 unspecified atom stereocenters. The number of carbonyl (C=O) groups excluding carboxylic acids is 8. The molecule has 0 radical (unpaired) electrons. The average molecular weight is 982 g/mol. The van der Waals surface area contributed by atoms with Crippen LogP contribution in [0.2, 0.25) is 0 Å². The van der Waals surface area contributed by atoms with Crippen LogP contribution in [0.4, 0.5) is 0 Å². The maximum atomic E-state index is 14.2. The Hall–Kier alpha value is -6.44. The minimum atomic E-state index is -2.25. The number of ether oxygens (including phenoxy) is 3. The Kier molecular flexibility index (Phi) is 17.3. The minimum Gasteiger partial charge on any atom is -0.507 e. The van der Waals surface area contributed by atoms with Gasteiger partial charge in [-0.1, -0.05) is 62.9 Å². The van der Waals surface area contributed by atoms with E-state index in [0.29, 0.717) is 5.57 Å². The van der Waals surface area contributed by atoms with E-state index >= 15 is 0 Å². The van der Waals surface area contributed by atoms with Crippen LogP contribution in [0.3, 0.4) is 0 Å². The second-order valence-electron chi connectivity index (χ2n) is 19.2. The summed E-state index contributed by atoms with van der Waals surface area (Å²) in [7, 11) is 1.34. The number of ketones is 5. The summed E-state index contributed by atoms with van der Waals surface area (Å²) in [4.78, 5) is 108. The van der Waals surface area contributed by atoms with Crippen LogP contribution >= 0.6 is 0 Å². The predicted octanol–water partition coefficient (Wildman–Crippen LogP) is 3.15. The minimum absolute atomic E-state index is 0.0146. The van der Waals surface area contributed by atoms with Crippen LogP contribution in [0.25, 0.3) is 0 Å². The number of fused-ring (bicyclic) bond motifs is 3. The van der Waals surface area contributed by atoms with Crippen molar-refractivity contribution in [3.63, 3.8) is 0 Å². The number of methoxy groups -OCH3 is 1. The molecule has 3 amide bonds. The van der Waals surface area contributed by atoms with Gasteiger partial charge in [0.05, 0.1) is 43.1 Å². The highest BCUT2D eigenvalue weighted by Crippen LogP contribution is 2.50. The zero-order valence-electron chi connectivity index (χ0n) is 40.8. The Morgan fingerprint density at radius 2 is 1.63 bits per heavy atom. The van der Waals surface area contributed by atoms with Gasteiger partial charge in [0, 0.05) is 61.6 Å². The number of Topliss-reactive ketones (excluding diaryl/α,β-unsaturated/α-hetero) is 3. The summed E-state index contributed by atoms with van der Waals surface area (Å²) in [6, 6.07) is 11.2. The van der Waals surface area contributed by atoms with Gasteiger partial charge in [-0.25, -0.2) is 0 Å². The molecule has 3 aliphatic rings. The van der Waals surface area contributed by atoms with E-state index in [1.807, 2.05) is 13.8 Å². The van der Waals surface area contributed by atoms with Crippen LogP contribution in [-0.2, 0) is 51.1 Å². The van der Waals surface area contributed by atoms with Crippen molar-refractivity contribution < 1.29 is 73.0 Å². The van der Waals surface area contributed by atoms with Crippen molar-refractivity contribution in [2.24, 2.45) is 11.8 Å². The Balaban J connectivity index is 1.17. The fraction of sp³-hybridized carbons (Fsp3) is 0.472. The molecule has 3 aromatic rings. The third-order valence-electron chi connectivity index (χ3n) is 13.5. The van der Waals surface area contributed by atoms with Crippen molar-refractivity contribution in [2.75, 3.05) is 20.3 Å². The Labute approximate surface area is 411 Å². The smallest absolute Gasteiger partial charge is 0.243 e. The van der Waals surface area contributed by atoms with E-state index in [-0.39, 0.29) is 94.9 Å². The predicted molar refractivity (Wildman–Crippen MR) is 255 cm³/mol. The first-order chi connectivity index (χ1) is 33.6. The lowest BCUT2D eigenvalue weighted by Crippen LogP contribution is -2.55. The van der Waals surface area contributed by atoms with Crippen LogP contribution in [0.1, 0.15) is 126 Å². The number of hydrogen-bond acceptors (Lipinski definition) is 15. The molecule has 1 saturated heterocycles. The molecule has 0 aromatic heterocycles. The van der Waals surface area contributed by atoms with E-state index in [4.69, 9.17) is 14.2 Å². The van der Waals surface area contributed by atoms with Crippen LogP contribution < -0.4 is 20.7 Å².